The number of nitrogens with one attached hydrogen (secondary N) is 1. The van der Waals surface area contributed by atoms with Crippen LogP contribution in [0.2, 0.25) is 5.28 Å². The van der Waals surface area contributed by atoms with E-state index in [-0.39, 0.29) is 35.0 Å². The predicted molar refractivity (Wildman–Crippen MR) is 144 cm³/mol. The number of para-hydroxylation sites is 1. The van der Waals surface area contributed by atoms with Crippen molar-refractivity contribution in [3.05, 3.63) is 41.9 Å². The Morgan fingerprint density at radius 1 is 1.38 bits per heavy atom. The Balaban J connectivity index is 1.39. The second kappa shape index (κ2) is 10.6. The normalized spacial score (nSPS) is 24.9. The van der Waals surface area contributed by atoms with Crippen molar-refractivity contribution in [2.45, 2.75) is 62.7 Å². The average Bonchev–Trinajstić information content (AvgIpc) is 3.42. The molecule has 0 unspecified atom stereocenters. The molecule has 3 heterocycles. The molecule has 1 saturated carbocycles. The Kier molecular flexibility index (Phi) is 7.52. The smallest absolute Gasteiger partial charge is 0.459 e. The first-order valence-corrected chi connectivity index (χ1v) is 14.4. The van der Waals surface area contributed by atoms with Gasteiger partial charge in [0.15, 0.2) is 17.1 Å². The molecule has 2 aromatic heterocycles. The van der Waals surface area contributed by atoms with Crippen molar-refractivity contribution in [3.63, 3.8) is 0 Å². The summed E-state index contributed by atoms with van der Waals surface area (Å²) in [5.74, 6) is 2.18. The summed E-state index contributed by atoms with van der Waals surface area (Å²) in [6.45, 7) is 2.89. The largest absolute Gasteiger partial charge is 0.462 e. The van der Waals surface area contributed by atoms with Crippen LogP contribution in [-0.4, -0.2) is 60.5 Å². The monoisotopic (exact) mass is 590 g/mol. The van der Waals surface area contributed by atoms with Crippen molar-refractivity contribution in [2.75, 3.05) is 12.3 Å². The van der Waals surface area contributed by atoms with Gasteiger partial charge in [0, 0.05) is 6.42 Å². The first-order valence-electron chi connectivity index (χ1n) is 12.5. The Bertz CT molecular complexity index is 1510. The molecule has 2 aliphatic rings. The van der Waals surface area contributed by atoms with Crippen LogP contribution >= 0.6 is 19.3 Å². The number of aliphatic hydroxyl groups is 1. The lowest BCUT2D eigenvalue weighted by molar-refractivity contribution is -0.150. The fraction of sp³-hybridized carbons (Fsp3) is 0.440. The summed E-state index contributed by atoms with van der Waals surface area (Å²) in [6, 6.07) is 8.31. The highest BCUT2D eigenvalue weighted by Gasteiger charge is 2.58. The number of ether oxygens (including phenoxy) is 2. The number of hydrogen-bond acceptors (Lipinski definition) is 11. The zero-order chi connectivity index (χ0) is 28.7. The van der Waals surface area contributed by atoms with Crippen LogP contribution in [0.1, 0.15) is 39.3 Å². The van der Waals surface area contributed by atoms with Gasteiger partial charge in [0.1, 0.15) is 35.7 Å². The van der Waals surface area contributed by atoms with Crippen LogP contribution in [0.4, 0.5) is 5.82 Å². The Labute approximate surface area is 234 Å². The zero-order valence-corrected chi connectivity index (χ0v) is 23.3. The molecule has 3 aromatic rings. The molecule has 1 aromatic carbocycles. The standard InChI is InChI=1S/C25H28ClN6O7P/c1-4-25(17(33)12-18(38-25)32-14-28-19-20(27)29-23(26)30-21(19)32)13-36-40(35,39-16-8-6-5-7-9-16)31-24(10-11-24)22(34)37-15(2)3/h1,5-9,14-15,17-18,33H,10-13H2,2-3H3,(H,31,35)(H2,27,29,30)/t17-,18+,25+,40-/m0/s1. The molecule has 15 heteroatoms. The molecule has 1 saturated heterocycles. The number of hydrogen-bond donors (Lipinski definition) is 3. The molecule has 4 atom stereocenters. The number of benzene rings is 1. The molecular weight excluding hydrogens is 563 g/mol. The Morgan fingerprint density at radius 2 is 2.10 bits per heavy atom. The van der Waals surface area contributed by atoms with E-state index in [1.54, 1.807) is 44.2 Å². The van der Waals surface area contributed by atoms with Crippen LogP contribution in [0.3, 0.4) is 0 Å². The molecule has 5 rings (SSSR count). The number of aliphatic hydroxyl groups excluding tert-OH is 1. The second-order valence-corrected chi connectivity index (χ2v) is 11.9. The third kappa shape index (κ3) is 5.51. The van der Waals surface area contributed by atoms with E-state index in [0.717, 1.165) is 0 Å². The summed E-state index contributed by atoms with van der Waals surface area (Å²) < 4.78 is 38.6. The molecule has 0 amide bonds. The van der Waals surface area contributed by atoms with Crippen molar-refractivity contribution >= 4 is 42.3 Å². The van der Waals surface area contributed by atoms with Gasteiger partial charge in [0.05, 0.1) is 12.4 Å². The number of fused-ring (bicyclic) bond motifs is 1. The summed E-state index contributed by atoms with van der Waals surface area (Å²) in [5, 5.41) is 13.7. The Morgan fingerprint density at radius 3 is 2.75 bits per heavy atom. The topological polar surface area (TPSA) is 173 Å². The fourth-order valence-corrected chi connectivity index (χ4v) is 6.24. The molecule has 13 nitrogen and oxygen atoms in total. The number of esters is 1. The quantitative estimate of drug-likeness (QED) is 0.136. The lowest BCUT2D eigenvalue weighted by Gasteiger charge is -2.30. The van der Waals surface area contributed by atoms with Crippen molar-refractivity contribution in [1.82, 2.24) is 24.6 Å². The van der Waals surface area contributed by atoms with Crippen LogP contribution in [-0.2, 0) is 23.4 Å². The first kappa shape index (κ1) is 28.3. The SMILES string of the molecule is C#C[C@]1(CO[P@@](=O)(NC2(C(=O)OC(C)C)CC2)Oc2ccccc2)O[C@@H](n2cnc3c(N)nc(Cl)nc32)C[C@@H]1O. The maximum absolute atomic E-state index is 14.1. The van der Waals surface area contributed by atoms with E-state index in [1.165, 1.54) is 10.9 Å². The summed E-state index contributed by atoms with van der Waals surface area (Å²) in [5.41, 5.74) is 3.49. The van der Waals surface area contributed by atoms with Crippen LogP contribution < -0.4 is 15.3 Å². The van der Waals surface area contributed by atoms with Crippen LogP contribution in [0.25, 0.3) is 11.2 Å². The van der Waals surface area contributed by atoms with Gasteiger partial charge in [-0.25, -0.2) is 9.55 Å². The maximum Gasteiger partial charge on any atom is 0.459 e. The molecule has 212 valence electrons. The molecule has 1 aliphatic carbocycles. The van der Waals surface area contributed by atoms with Gasteiger partial charge in [0.2, 0.25) is 5.28 Å². The third-order valence-corrected chi connectivity index (χ3v) is 8.33. The number of carbonyl (C=O) groups excluding carboxylic acids is 1. The number of nitrogen functional groups attached to an aromatic ring is 1. The average molecular weight is 591 g/mol. The molecule has 4 N–H and O–H groups in total. The Hall–Kier alpha value is -3.24. The van der Waals surface area contributed by atoms with E-state index in [2.05, 4.69) is 26.0 Å². The van der Waals surface area contributed by atoms with E-state index < -0.39 is 43.8 Å². The highest BCUT2D eigenvalue weighted by Crippen LogP contribution is 2.53. The summed E-state index contributed by atoms with van der Waals surface area (Å²) >= 11 is 5.98. The summed E-state index contributed by atoms with van der Waals surface area (Å²) in [7, 11) is -4.28. The highest BCUT2D eigenvalue weighted by atomic mass is 35.5. The number of rotatable bonds is 10. The van der Waals surface area contributed by atoms with Gasteiger partial charge in [-0.05, 0) is 50.4 Å². The number of nitrogens with zero attached hydrogens (tertiary/aromatic N) is 4. The van der Waals surface area contributed by atoms with E-state index in [4.69, 9.17) is 42.3 Å². The van der Waals surface area contributed by atoms with Gasteiger partial charge in [-0.2, -0.15) is 15.1 Å². The van der Waals surface area contributed by atoms with E-state index >= 15 is 0 Å². The number of aromatic nitrogens is 4. The van der Waals surface area contributed by atoms with Crippen molar-refractivity contribution in [2.24, 2.45) is 0 Å². The van der Waals surface area contributed by atoms with E-state index in [9.17, 15) is 14.5 Å². The second-order valence-electron chi connectivity index (χ2n) is 9.88. The van der Waals surface area contributed by atoms with Gasteiger partial charge in [-0.3, -0.25) is 13.9 Å². The number of imidazole rings is 1. The lowest BCUT2D eigenvalue weighted by Crippen LogP contribution is -2.45. The maximum atomic E-state index is 14.1. The van der Waals surface area contributed by atoms with E-state index in [0.29, 0.717) is 18.4 Å². The lowest BCUT2D eigenvalue weighted by atomic mass is 9.99. The van der Waals surface area contributed by atoms with Crippen LogP contribution in [0, 0.1) is 12.3 Å². The first-order chi connectivity index (χ1) is 19.0. The fourth-order valence-electron chi connectivity index (χ4n) is 4.30. The summed E-state index contributed by atoms with van der Waals surface area (Å²) in [4.78, 5) is 25.0. The minimum absolute atomic E-state index is 0.0163. The number of halogens is 1. The number of anilines is 1. The minimum Gasteiger partial charge on any atom is -0.462 e. The van der Waals surface area contributed by atoms with E-state index in [1.807, 2.05) is 0 Å². The van der Waals surface area contributed by atoms with Crippen molar-refractivity contribution in [3.8, 4) is 18.1 Å². The van der Waals surface area contributed by atoms with Gasteiger partial charge < -0.3 is 24.8 Å². The van der Waals surface area contributed by atoms with Gasteiger partial charge >= 0.3 is 13.7 Å². The number of terminal acetylenes is 1. The minimum atomic E-state index is -4.28. The molecule has 2 fully saturated rings. The van der Waals surface area contributed by atoms with Crippen molar-refractivity contribution in [1.29, 1.82) is 0 Å². The molecule has 1 aliphatic heterocycles. The van der Waals surface area contributed by atoms with Gasteiger partial charge in [-0.15, -0.1) is 6.42 Å². The van der Waals surface area contributed by atoms with Crippen LogP contribution in [0.15, 0.2) is 36.7 Å². The highest BCUT2D eigenvalue weighted by molar-refractivity contribution is 7.52. The van der Waals surface area contributed by atoms with Crippen molar-refractivity contribution < 1.29 is 33.0 Å². The molecule has 0 spiro atoms. The zero-order valence-electron chi connectivity index (χ0n) is 21.7. The van der Waals surface area contributed by atoms with Crippen LogP contribution in [0.5, 0.6) is 5.75 Å². The number of carbonyl (C=O) groups is 1. The molecule has 0 radical (unpaired) electrons. The molecular formula is C25H28ClN6O7P. The molecule has 0 bridgehead atoms. The molecule has 40 heavy (non-hydrogen) atoms. The van der Waals surface area contributed by atoms with Gasteiger partial charge in [0.25, 0.3) is 0 Å². The van der Waals surface area contributed by atoms with Gasteiger partial charge in [-0.1, -0.05) is 24.1 Å². The summed E-state index contributed by atoms with van der Waals surface area (Å²) in [6.07, 6.45) is 5.53. The number of nitrogens with two attached hydrogens (primary N) is 1. The third-order valence-electron chi connectivity index (χ3n) is 6.54. The predicted octanol–water partition coefficient (Wildman–Crippen LogP) is 2.99.